The molecule has 0 aliphatic carbocycles. The molecule has 8 nitrogen and oxygen atoms in total. The molecule has 0 spiro atoms. The van der Waals surface area contributed by atoms with Crippen LogP contribution in [0.4, 0.5) is 0 Å². The van der Waals surface area contributed by atoms with E-state index in [9.17, 15) is 19.2 Å². The average molecular weight is 356 g/mol. The first-order valence-corrected chi connectivity index (χ1v) is 7.64. The molecular formula is C17H24O8. The second kappa shape index (κ2) is 11.0. The maximum Gasteiger partial charge on any atom is 0.336 e. The maximum atomic E-state index is 11.6. The summed E-state index contributed by atoms with van der Waals surface area (Å²) in [7, 11) is 0. The molecule has 2 unspecified atom stereocenters. The van der Waals surface area contributed by atoms with E-state index in [1.54, 1.807) is 0 Å². The molecule has 0 aromatic heterocycles. The van der Waals surface area contributed by atoms with Gasteiger partial charge in [0.25, 0.3) is 0 Å². The van der Waals surface area contributed by atoms with E-state index in [-0.39, 0.29) is 30.4 Å². The monoisotopic (exact) mass is 356 g/mol. The van der Waals surface area contributed by atoms with Gasteiger partial charge in [-0.15, -0.1) is 0 Å². The molecule has 0 radical (unpaired) electrons. The molecular weight excluding hydrogens is 332 g/mol. The van der Waals surface area contributed by atoms with E-state index in [4.69, 9.17) is 18.9 Å². The van der Waals surface area contributed by atoms with E-state index < -0.39 is 36.5 Å². The molecule has 0 amide bonds. The predicted molar refractivity (Wildman–Crippen MR) is 86.8 cm³/mol. The van der Waals surface area contributed by atoms with Gasteiger partial charge in [-0.1, -0.05) is 13.2 Å². The zero-order valence-electron chi connectivity index (χ0n) is 15.0. The van der Waals surface area contributed by atoms with E-state index in [1.807, 2.05) is 0 Å². The molecule has 0 fully saturated rings. The van der Waals surface area contributed by atoms with Crippen LogP contribution in [-0.4, -0.2) is 36.5 Å². The summed E-state index contributed by atoms with van der Waals surface area (Å²) in [4.78, 5) is 45.6. The summed E-state index contributed by atoms with van der Waals surface area (Å²) in [5.41, 5.74) is 0.374. The fourth-order valence-corrected chi connectivity index (χ4v) is 1.42. The molecule has 0 aliphatic heterocycles. The lowest BCUT2D eigenvalue weighted by Crippen LogP contribution is -2.23. The number of carbonyl (C=O) groups is 4. The molecule has 0 heterocycles. The Kier molecular flexibility index (Phi) is 9.85. The van der Waals surface area contributed by atoms with Crippen molar-refractivity contribution in [2.24, 2.45) is 0 Å². The van der Waals surface area contributed by atoms with Crippen molar-refractivity contribution in [2.75, 3.05) is 0 Å². The summed E-state index contributed by atoms with van der Waals surface area (Å²) in [6.07, 6.45) is -2.07. The minimum Gasteiger partial charge on any atom is -0.425 e. The summed E-state index contributed by atoms with van der Waals surface area (Å²) in [5.74, 6) is -2.59. The predicted octanol–water partition coefficient (Wildman–Crippen LogP) is 2.17. The van der Waals surface area contributed by atoms with Crippen molar-refractivity contribution in [3.8, 4) is 0 Å². The molecule has 2 atom stereocenters. The summed E-state index contributed by atoms with van der Waals surface area (Å²) in [6, 6.07) is 0. The third-order valence-corrected chi connectivity index (χ3v) is 2.60. The molecule has 0 rings (SSSR count). The van der Waals surface area contributed by atoms with Gasteiger partial charge < -0.3 is 18.9 Å². The zero-order valence-corrected chi connectivity index (χ0v) is 15.0. The third kappa shape index (κ3) is 10.7. The number of hydrogen-bond acceptors (Lipinski definition) is 8. The van der Waals surface area contributed by atoms with E-state index in [0.29, 0.717) is 0 Å². The lowest BCUT2D eigenvalue weighted by molar-refractivity contribution is -0.181. The van der Waals surface area contributed by atoms with Gasteiger partial charge >= 0.3 is 23.9 Å². The minimum absolute atomic E-state index is 0.0655. The molecule has 0 N–H and O–H groups in total. The highest BCUT2D eigenvalue weighted by atomic mass is 16.7. The highest BCUT2D eigenvalue weighted by Crippen LogP contribution is 2.07. The molecule has 140 valence electrons. The Balaban J connectivity index is 4.01. The molecule has 8 heteroatoms. The van der Waals surface area contributed by atoms with Gasteiger partial charge in [-0.3, -0.25) is 9.59 Å². The first kappa shape index (κ1) is 22.4. The van der Waals surface area contributed by atoms with Gasteiger partial charge in [0.1, 0.15) is 0 Å². The summed E-state index contributed by atoms with van der Waals surface area (Å²) in [6.45, 7) is 12.5. The van der Waals surface area contributed by atoms with Crippen LogP contribution in [0.5, 0.6) is 0 Å². The summed E-state index contributed by atoms with van der Waals surface area (Å²) >= 11 is 0. The van der Waals surface area contributed by atoms with Crippen LogP contribution in [0.15, 0.2) is 24.3 Å². The topological polar surface area (TPSA) is 105 Å². The summed E-state index contributed by atoms with van der Waals surface area (Å²) in [5, 5.41) is 0. The Morgan fingerprint density at radius 2 is 1.04 bits per heavy atom. The van der Waals surface area contributed by atoms with Crippen molar-refractivity contribution in [1.29, 1.82) is 0 Å². The fourth-order valence-electron chi connectivity index (χ4n) is 1.42. The average Bonchev–Trinajstić information content (AvgIpc) is 2.46. The summed E-state index contributed by atoms with van der Waals surface area (Å²) < 4.78 is 19.3. The third-order valence-electron chi connectivity index (χ3n) is 2.60. The van der Waals surface area contributed by atoms with Crippen LogP contribution < -0.4 is 0 Å². The van der Waals surface area contributed by atoms with E-state index in [2.05, 4.69) is 13.2 Å². The number of ether oxygens (including phenoxy) is 4. The zero-order chi connectivity index (χ0) is 19.6. The standard InChI is InChI=1S/C17H24O8/c1-10(2)16(20)24-12(5)22-14(18)8-7-9-15(19)23-13(6)25-17(21)11(3)4/h12-13H,1,3,7-9H2,2,4-6H3. The van der Waals surface area contributed by atoms with Gasteiger partial charge in [-0.2, -0.15) is 0 Å². The number of hydrogen-bond donors (Lipinski definition) is 0. The number of rotatable bonds is 10. The van der Waals surface area contributed by atoms with Crippen molar-refractivity contribution in [2.45, 2.75) is 59.5 Å². The van der Waals surface area contributed by atoms with E-state index >= 15 is 0 Å². The Morgan fingerprint density at radius 1 is 0.720 bits per heavy atom. The molecule has 0 saturated carbocycles. The van der Waals surface area contributed by atoms with E-state index in [0.717, 1.165) is 0 Å². The van der Waals surface area contributed by atoms with Crippen LogP contribution in [-0.2, 0) is 38.1 Å². The quantitative estimate of drug-likeness (QED) is 0.333. The minimum atomic E-state index is -1.05. The Morgan fingerprint density at radius 3 is 1.32 bits per heavy atom. The second-order valence-electron chi connectivity index (χ2n) is 5.34. The van der Waals surface area contributed by atoms with Crippen LogP contribution in [0.3, 0.4) is 0 Å². The van der Waals surface area contributed by atoms with Gasteiger partial charge in [0.15, 0.2) is 0 Å². The highest BCUT2D eigenvalue weighted by Gasteiger charge is 2.17. The van der Waals surface area contributed by atoms with Crippen LogP contribution in [0, 0.1) is 0 Å². The van der Waals surface area contributed by atoms with Crippen molar-refractivity contribution < 1.29 is 38.1 Å². The van der Waals surface area contributed by atoms with Gasteiger partial charge in [-0.25, -0.2) is 9.59 Å². The van der Waals surface area contributed by atoms with Gasteiger partial charge in [0, 0.05) is 37.8 Å². The van der Waals surface area contributed by atoms with Crippen LogP contribution in [0.2, 0.25) is 0 Å². The Bertz CT molecular complexity index is 501. The highest BCUT2D eigenvalue weighted by molar-refractivity contribution is 5.87. The Labute approximate surface area is 146 Å². The van der Waals surface area contributed by atoms with Gasteiger partial charge in [0.2, 0.25) is 12.6 Å². The molecule has 0 aliphatic rings. The lowest BCUT2D eigenvalue weighted by Gasteiger charge is -2.15. The van der Waals surface area contributed by atoms with Crippen LogP contribution in [0.1, 0.15) is 47.0 Å². The van der Waals surface area contributed by atoms with Crippen molar-refractivity contribution in [3.05, 3.63) is 24.3 Å². The molecule has 25 heavy (non-hydrogen) atoms. The SMILES string of the molecule is C=C(C)C(=O)OC(C)OC(=O)CCCC(=O)OC(C)OC(=O)C(=C)C. The van der Waals surface area contributed by atoms with Crippen molar-refractivity contribution in [3.63, 3.8) is 0 Å². The first-order valence-electron chi connectivity index (χ1n) is 7.64. The van der Waals surface area contributed by atoms with Crippen LogP contribution >= 0.6 is 0 Å². The molecule has 0 aromatic rings. The smallest absolute Gasteiger partial charge is 0.336 e. The second-order valence-corrected chi connectivity index (χ2v) is 5.34. The number of esters is 4. The first-order chi connectivity index (χ1) is 11.5. The van der Waals surface area contributed by atoms with Crippen molar-refractivity contribution >= 4 is 23.9 Å². The Hall–Kier alpha value is -2.64. The molecule has 0 aromatic carbocycles. The molecule has 0 bridgehead atoms. The maximum absolute atomic E-state index is 11.6. The van der Waals surface area contributed by atoms with Crippen molar-refractivity contribution in [1.82, 2.24) is 0 Å². The number of carbonyl (C=O) groups excluding carboxylic acids is 4. The van der Waals surface area contributed by atoms with Gasteiger partial charge in [-0.05, 0) is 20.3 Å². The van der Waals surface area contributed by atoms with E-state index in [1.165, 1.54) is 27.7 Å². The normalized spacial score (nSPS) is 12.3. The lowest BCUT2D eigenvalue weighted by atomic mass is 10.2. The van der Waals surface area contributed by atoms with Crippen LogP contribution in [0.25, 0.3) is 0 Å². The fraction of sp³-hybridized carbons (Fsp3) is 0.529. The largest absolute Gasteiger partial charge is 0.425 e. The molecule has 0 saturated heterocycles. The van der Waals surface area contributed by atoms with Gasteiger partial charge in [0.05, 0.1) is 0 Å².